The topological polar surface area (TPSA) is 175 Å². The van der Waals surface area contributed by atoms with Crippen LogP contribution < -0.4 is 22.7 Å². The zero-order valence-corrected chi connectivity index (χ0v) is 17.7. The van der Waals surface area contributed by atoms with Crippen LogP contribution in [-0.2, 0) is 14.3 Å². The molecule has 166 valence electrons. The van der Waals surface area contributed by atoms with Gasteiger partial charge in [-0.1, -0.05) is 0 Å². The second-order valence-electron chi connectivity index (χ2n) is 7.36. The Balaban J connectivity index is 3.27. The summed E-state index contributed by atoms with van der Waals surface area (Å²) in [5.74, 6) is 3.76. The number of guanidine groups is 1. The molecule has 0 fully saturated rings. The molecule has 2 amide bonds. The summed E-state index contributed by atoms with van der Waals surface area (Å²) in [5, 5.41) is 0. The number of anilines is 1. The molecule has 0 saturated carbocycles. The number of nitrogen functional groups attached to an aromatic ring is 1. The first-order valence-electron chi connectivity index (χ1n) is 9.26. The molecule has 30 heavy (non-hydrogen) atoms. The third-order valence-corrected chi connectivity index (χ3v) is 3.82. The van der Waals surface area contributed by atoms with Crippen molar-refractivity contribution in [2.24, 2.45) is 22.3 Å². The van der Waals surface area contributed by atoms with E-state index in [9.17, 15) is 14.4 Å². The van der Waals surface area contributed by atoms with Crippen LogP contribution >= 0.6 is 0 Å². The maximum Gasteiger partial charge on any atom is 0.418 e. The molecule has 0 bridgehead atoms. The van der Waals surface area contributed by atoms with Crippen LogP contribution in [0, 0.1) is 0 Å². The second kappa shape index (κ2) is 11.0. The lowest BCUT2D eigenvalue weighted by Crippen LogP contribution is -2.51. The highest BCUT2D eigenvalue weighted by Crippen LogP contribution is 2.20. The molecular weight excluding hydrogens is 392 g/mol. The zero-order chi connectivity index (χ0) is 22.9. The average Bonchev–Trinajstić information content (AvgIpc) is 2.67. The number of aliphatic imine (C=N–C) groups is 1. The summed E-state index contributed by atoms with van der Waals surface area (Å²) in [6.07, 6.45) is -0.567. The third-order valence-electron chi connectivity index (χ3n) is 3.82. The molecule has 1 aromatic rings. The molecule has 0 heterocycles. The number of amides is 2. The number of nitrogens with zero attached hydrogens (tertiary/aromatic N) is 2. The van der Waals surface area contributed by atoms with E-state index in [1.165, 1.54) is 19.2 Å². The van der Waals surface area contributed by atoms with Crippen LogP contribution in [0.3, 0.4) is 0 Å². The van der Waals surface area contributed by atoms with E-state index in [4.69, 9.17) is 26.8 Å². The number of rotatable bonds is 8. The fourth-order valence-electron chi connectivity index (χ4n) is 2.49. The van der Waals surface area contributed by atoms with E-state index in [1.54, 1.807) is 32.9 Å². The molecule has 11 heteroatoms. The highest BCUT2D eigenvalue weighted by molar-refractivity contribution is 6.05. The summed E-state index contributed by atoms with van der Waals surface area (Å²) in [5.41, 5.74) is 12.9. The Morgan fingerprint density at radius 2 is 1.77 bits per heavy atom. The van der Waals surface area contributed by atoms with Crippen molar-refractivity contribution in [3.63, 3.8) is 0 Å². The van der Waals surface area contributed by atoms with E-state index in [0.29, 0.717) is 12.1 Å². The SMILES string of the molecule is COC(=O)[C@H](CCCN=C(N)N)N(C(=O)OC(C)(C)C)C(=O)c1ccc(NN)cc1. The van der Waals surface area contributed by atoms with Crippen LogP contribution in [0.1, 0.15) is 44.0 Å². The number of ether oxygens (including phenoxy) is 2. The first-order valence-corrected chi connectivity index (χ1v) is 9.26. The molecule has 0 aromatic heterocycles. The number of hydrogen-bond donors (Lipinski definition) is 4. The number of nitrogens with two attached hydrogens (primary N) is 3. The lowest BCUT2D eigenvalue weighted by Gasteiger charge is -2.30. The van der Waals surface area contributed by atoms with Gasteiger partial charge in [-0.05, 0) is 57.9 Å². The Kier molecular flexibility index (Phi) is 9.06. The van der Waals surface area contributed by atoms with Crippen molar-refractivity contribution in [3.8, 4) is 0 Å². The van der Waals surface area contributed by atoms with Crippen molar-refractivity contribution in [1.82, 2.24) is 4.90 Å². The lowest BCUT2D eigenvalue weighted by atomic mass is 10.1. The minimum absolute atomic E-state index is 0.0802. The fourth-order valence-corrected chi connectivity index (χ4v) is 2.49. The van der Waals surface area contributed by atoms with Crippen LogP contribution in [0.15, 0.2) is 29.3 Å². The molecule has 1 aromatic carbocycles. The molecule has 0 radical (unpaired) electrons. The van der Waals surface area contributed by atoms with Gasteiger partial charge in [-0.15, -0.1) is 0 Å². The maximum absolute atomic E-state index is 13.2. The van der Waals surface area contributed by atoms with Gasteiger partial charge in [0.25, 0.3) is 5.91 Å². The van der Waals surface area contributed by atoms with Gasteiger partial charge in [-0.2, -0.15) is 0 Å². The summed E-state index contributed by atoms with van der Waals surface area (Å²) in [6.45, 7) is 5.17. The average molecular weight is 422 g/mol. The maximum atomic E-state index is 13.2. The van der Waals surface area contributed by atoms with E-state index in [1.807, 2.05) is 0 Å². The van der Waals surface area contributed by atoms with Gasteiger partial charge in [0, 0.05) is 17.8 Å². The molecule has 0 aliphatic rings. The standard InChI is InChI=1S/C19H30N6O5/c1-19(2,3)30-18(28)25(15(26)12-7-9-13(24-22)10-8-12)14(16(27)29-4)6-5-11-23-17(20)21/h7-10,14,24H,5-6,11,22H2,1-4H3,(H4,20,21,23)/t14-/m0/s1. The largest absolute Gasteiger partial charge is 0.467 e. The van der Waals surface area contributed by atoms with Crippen LogP contribution in [0.25, 0.3) is 0 Å². The highest BCUT2D eigenvalue weighted by Gasteiger charge is 2.38. The predicted octanol–water partition coefficient (Wildman–Crippen LogP) is 0.945. The molecule has 0 spiro atoms. The molecular formula is C19H30N6O5. The first kappa shape index (κ1) is 24.7. The minimum atomic E-state index is -1.22. The van der Waals surface area contributed by atoms with Gasteiger partial charge in [0.2, 0.25) is 0 Å². The number of esters is 1. The van der Waals surface area contributed by atoms with Gasteiger partial charge in [-0.3, -0.25) is 15.6 Å². The van der Waals surface area contributed by atoms with Crippen LogP contribution in [-0.4, -0.2) is 54.1 Å². The molecule has 11 nitrogen and oxygen atoms in total. The summed E-state index contributed by atoms with van der Waals surface area (Å²) in [6, 6.07) is 4.85. The minimum Gasteiger partial charge on any atom is -0.467 e. The van der Waals surface area contributed by atoms with Crippen molar-refractivity contribution >= 4 is 29.6 Å². The molecule has 0 saturated heterocycles. The Morgan fingerprint density at radius 1 is 1.17 bits per heavy atom. The highest BCUT2D eigenvalue weighted by atomic mass is 16.6. The summed E-state index contributed by atoms with van der Waals surface area (Å²) < 4.78 is 10.2. The molecule has 1 rings (SSSR count). The number of carbonyl (C=O) groups is 3. The summed E-state index contributed by atoms with van der Waals surface area (Å²) in [4.78, 5) is 43.1. The fraction of sp³-hybridized carbons (Fsp3) is 0.474. The zero-order valence-electron chi connectivity index (χ0n) is 17.7. The molecule has 1 atom stereocenters. The lowest BCUT2D eigenvalue weighted by molar-refractivity contribution is -0.146. The summed E-state index contributed by atoms with van der Waals surface area (Å²) in [7, 11) is 1.17. The number of carbonyl (C=O) groups excluding carboxylic acids is 3. The van der Waals surface area contributed by atoms with Crippen molar-refractivity contribution < 1.29 is 23.9 Å². The van der Waals surface area contributed by atoms with Crippen LogP contribution in [0.2, 0.25) is 0 Å². The normalized spacial score (nSPS) is 11.8. The van der Waals surface area contributed by atoms with Gasteiger partial charge in [0.05, 0.1) is 7.11 Å². The second-order valence-corrected chi connectivity index (χ2v) is 7.36. The van der Waals surface area contributed by atoms with Crippen molar-refractivity contribution in [1.29, 1.82) is 0 Å². The number of benzene rings is 1. The van der Waals surface area contributed by atoms with Gasteiger partial charge < -0.3 is 26.4 Å². The smallest absolute Gasteiger partial charge is 0.418 e. The first-order chi connectivity index (χ1) is 14.0. The quantitative estimate of drug-likeness (QED) is 0.119. The Labute approximate surface area is 175 Å². The van der Waals surface area contributed by atoms with Crippen LogP contribution in [0.4, 0.5) is 10.5 Å². The van der Waals surface area contributed by atoms with E-state index < -0.39 is 29.6 Å². The Hall–Kier alpha value is -3.34. The predicted molar refractivity (Wildman–Crippen MR) is 112 cm³/mol. The number of hydrogen-bond acceptors (Lipinski definition) is 8. The number of methoxy groups -OCH3 is 1. The van der Waals surface area contributed by atoms with E-state index >= 15 is 0 Å². The third kappa shape index (κ3) is 7.59. The molecule has 0 unspecified atom stereocenters. The van der Waals surface area contributed by atoms with E-state index in [-0.39, 0.29) is 24.5 Å². The van der Waals surface area contributed by atoms with E-state index in [0.717, 1.165) is 4.90 Å². The van der Waals surface area contributed by atoms with Crippen LogP contribution in [0.5, 0.6) is 0 Å². The van der Waals surface area contributed by atoms with Gasteiger partial charge >= 0.3 is 12.1 Å². The van der Waals surface area contributed by atoms with Crippen molar-refractivity contribution in [2.75, 3.05) is 19.1 Å². The van der Waals surface area contributed by atoms with E-state index in [2.05, 4.69) is 10.4 Å². The summed E-state index contributed by atoms with van der Waals surface area (Å²) >= 11 is 0. The molecule has 7 N–H and O–H groups in total. The van der Waals surface area contributed by atoms with Crippen molar-refractivity contribution in [3.05, 3.63) is 29.8 Å². The van der Waals surface area contributed by atoms with Gasteiger partial charge in [-0.25, -0.2) is 14.5 Å². The Bertz CT molecular complexity index is 769. The van der Waals surface area contributed by atoms with Crippen molar-refractivity contribution in [2.45, 2.75) is 45.3 Å². The Morgan fingerprint density at radius 3 is 2.23 bits per heavy atom. The monoisotopic (exact) mass is 422 g/mol. The number of hydrazine groups is 1. The number of imide groups is 1. The van der Waals surface area contributed by atoms with Gasteiger partial charge in [0.15, 0.2) is 5.96 Å². The van der Waals surface area contributed by atoms with Gasteiger partial charge in [0.1, 0.15) is 11.6 Å². The molecule has 0 aliphatic carbocycles. The molecule has 0 aliphatic heterocycles. The number of nitrogens with one attached hydrogen (secondary N) is 1.